The lowest BCUT2D eigenvalue weighted by Crippen LogP contribution is -2.13. The fraction of sp³-hybridized carbons (Fsp3) is 0.167. The molecule has 2 aromatic heterocycles. The summed E-state index contributed by atoms with van der Waals surface area (Å²) in [5.74, 6) is 0.153. The first-order chi connectivity index (χ1) is 8.95. The standard InChI is InChI=1S/C12H12N4O2S/c1-6-3-7(2)14-9(4-6)13-5-8-10(17)15-12(19)16-11(8)18/h3-5H,1-2H3,(H3,15,16,17,18,19). The van der Waals surface area contributed by atoms with Crippen LogP contribution in [0.15, 0.2) is 21.9 Å². The van der Waals surface area contributed by atoms with Crippen molar-refractivity contribution in [2.75, 3.05) is 0 Å². The Hall–Kier alpha value is -2.28. The normalized spacial score (nSPS) is 11.1. The Morgan fingerprint density at radius 3 is 2.74 bits per heavy atom. The Morgan fingerprint density at radius 2 is 2.11 bits per heavy atom. The summed E-state index contributed by atoms with van der Waals surface area (Å²) in [6.45, 7) is 3.79. The smallest absolute Gasteiger partial charge is 0.264 e. The molecular weight excluding hydrogens is 264 g/mol. The van der Waals surface area contributed by atoms with Crippen molar-refractivity contribution in [3.63, 3.8) is 0 Å². The number of aromatic nitrogens is 3. The van der Waals surface area contributed by atoms with Crippen LogP contribution in [0.4, 0.5) is 5.82 Å². The van der Waals surface area contributed by atoms with Crippen molar-refractivity contribution in [2.45, 2.75) is 13.8 Å². The van der Waals surface area contributed by atoms with Crippen molar-refractivity contribution < 1.29 is 5.11 Å². The molecule has 98 valence electrons. The highest BCUT2D eigenvalue weighted by atomic mass is 32.1. The Kier molecular flexibility index (Phi) is 3.57. The Morgan fingerprint density at radius 1 is 1.37 bits per heavy atom. The van der Waals surface area contributed by atoms with Gasteiger partial charge in [0.2, 0.25) is 5.88 Å². The maximum absolute atomic E-state index is 11.6. The number of aliphatic imine (C=N–C) groups is 1. The van der Waals surface area contributed by atoms with Crippen LogP contribution in [0.1, 0.15) is 16.8 Å². The van der Waals surface area contributed by atoms with E-state index in [-0.39, 0.29) is 16.2 Å². The number of aromatic hydroxyl groups is 1. The van der Waals surface area contributed by atoms with Gasteiger partial charge in [0.05, 0.1) is 0 Å². The molecule has 0 aliphatic carbocycles. The molecule has 2 rings (SSSR count). The van der Waals surface area contributed by atoms with Gasteiger partial charge in [-0.1, -0.05) is 0 Å². The van der Waals surface area contributed by atoms with E-state index >= 15 is 0 Å². The van der Waals surface area contributed by atoms with Crippen LogP contribution in [-0.2, 0) is 0 Å². The van der Waals surface area contributed by atoms with Crippen LogP contribution in [0, 0.1) is 18.6 Å². The predicted molar refractivity (Wildman–Crippen MR) is 74.9 cm³/mol. The molecule has 0 radical (unpaired) electrons. The van der Waals surface area contributed by atoms with E-state index in [4.69, 9.17) is 12.2 Å². The summed E-state index contributed by atoms with van der Waals surface area (Å²) < 4.78 is 0.0594. The summed E-state index contributed by atoms with van der Waals surface area (Å²) in [6.07, 6.45) is 1.25. The van der Waals surface area contributed by atoms with Crippen molar-refractivity contribution in [1.29, 1.82) is 0 Å². The third-order valence-electron chi connectivity index (χ3n) is 2.37. The fourth-order valence-corrected chi connectivity index (χ4v) is 1.81. The van der Waals surface area contributed by atoms with E-state index in [1.165, 1.54) is 6.21 Å². The SMILES string of the molecule is Cc1cc(C)nc(N=Cc2c(O)[nH]c(=S)[nH]c2=O)c1. The number of nitrogens with one attached hydrogen (secondary N) is 2. The zero-order valence-corrected chi connectivity index (χ0v) is 11.2. The number of hydrogen-bond donors (Lipinski definition) is 3. The summed E-state index contributed by atoms with van der Waals surface area (Å²) in [6, 6.07) is 3.70. The van der Waals surface area contributed by atoms with Crippen molar-refractivity contribution in [3.05, 3.63) is 44.1 Å². The lowest BCUT2D eigenvalue weighted by molar-refractivity contribution is 0.449. The lowest BCUT2D eigenvalue weighted by atomic mass is 10.2. The molecule has 0 spiro atoms. The second-order valence-electron chi connectivity index (χ2n) is 4.07. The summed E-state index contributed by atoms with van der Waals surface area (Å²) >= 11 is 4.73. The van der Waals surface area contributed by atoms with E-state index in [0.29, 0.717) is 5.82 Å². The molecule has 19 heavy (non-hydrogen) atoms. The molecule has 0 saturated heterocycles. The van der Waals surface area contributed by atoms with Crippen molar-refractivity contribution in [3.8, 4) is 5.88 Å². The van der Waals surface area contributed by atoms with E-state index in [1.807, 2.05) is 19.9 Å². The molecule has 6 nitrogen and oxygen atoms in total. The highest BCUT2D eigenvalue weighted by Gasteiger charge is 2.04. The number of H-pyrrole nitrogens is 2. The minimum atomic E-state index is -0.505. The van der Waals surface area contributed by atoms with Gasteiger partial charge in [-0.2, -0.15) is 0 Å². The lowest BCUT2D eigenvalue weighted by Gasteiger charge is -1.99. The summed E-state index contributed by atoms with van der Waals surface area (Å²) in [5, 5.41) is 9.61. The number of nitrogens with zero attached hydrogens (tertiary/aromatic N) is 2. The van der Waals surface area contributed by atoms with Crippen LogP contribution in [0.5, 0.6) is 5.88 Å². The van der Waals surface area contributed by atoms with Gasteiger partial charge in [-0.15, -0.1) is 0 Å². The molecule has 7 heteroatoms. The van der Waals surface area contributed by atoms with Gasteiger partial charge < -0.3 is 10.1 Å². The molecule has 0 aliphatic rings. The van der Waals surface area contributed by atoms with E-state index < -0.39 is 5.56 Å². The largest absolute Gasteiger partial charge is 0.494 e. The average molecular weight is 276 g/mol. The molecular formula is C12H12N4O2S. The van der Waals surface area contributed by atoms with E-state index in [9.17, 15) is 9.90 Å². The average Bonchev–Trinajstić information content (AvgIpc) is 2.25. The Labute approximate surface area is 113 Å². The Bertz CT molecular complexity index is 741. The van der Waals surface area contributed by atoms with E-state index in [0.717, 1.165) is 11.3 Å². The number of hydrogen-bond acceptors (Lipinski definition) is 5. The van der Waals surface area contributed by atoms with Crippen LogP contribution >= 0.6 is 12.2 Å². The zero-order chi connectivity index (χ0) is 14.0. The van der Waals surface area contributed by atoms with Gasteiger partial charge in [-0.3, -0.25) is 9.78 Å². The van der Waals surface area contributed by atoms with Crippen LogP contribution in [0.25, 0.3) is 0 Å². The van der Waals surface area contributed by atoms with Crippen LogP contribution in [0.3, 0.4) is 0 Å². The molecule has 0 bridgehead atoms. The van der Waals surface area contributed by atoms with Crippen molar-refractivity contribution in [1.82, 2.24) is 15.0 Å². The molecule has 0 atom stereocenters. The van der Waals surface area contributed by atoms with Crippen LogP contribution in [-0.4, -0.2) is 26.3 Å². The van der Waals surface area contributed by atoms with Gasteiger partial charge in [0.1, 0.15) is 5.56 Å². The minimum absolute atomic E-state index is 0.00885. The van der Waals surface area contributed by atoms with Crippen molar-refractivity contribution in [2.24, 2.45) is 4.99 Å². The third-order valence-corrected chi connectivity index (χ3v) is 2.57. The first-order valence-electron chi connectivity index (χ1n) is 5.50. The second kappa shape index (κ2) is 5.15. The van der Waals surface area contributed by atoms with E-state index in [2.05, 4.69) is 19.9 Å². The summed E-state index contributed by atoms with van der Waals surface area (Å²) in [5.41, 5.74) is 1.35. The monoisotopic (exact) mass is 276 g/mol. The van der Waals surface area contributed by atoms with Crippen LogP contribution < -0.4 is 5.56 Å². The van der Waals surface area contributed by atoms with Gasteiger partial charge in [0, 0.05) is 11.9 Å². The maximum atomic E-state index is 11.6. The molecule has 3 N–H and O–H groups in total. The third kappa shape index (κ3) is 3.14. The van der Waals surface area contributed by atoms with Gasteiger partial charge in [-0.05, 0) is 43.8 Å². The highest BCUT2D eigenvalue weighted by Crippen LogP contribution is 2.13. The topological polar surface area (TPSA) is 94.1 Å². The number of aromatic amines is 2. The number of pyridine rings is 1. The zero-order valence-electron chi connectivity index (χ0n) is 10.4. The van der Waals surface area contributed by atoms with Gasteiger partial charge in [-0.25, -0.2) is 9.98 Å². The van der Waals surface area contributed by atoms with Gasteiger partial charge in [0.15, 0.2) is 10.6 Å². The molecule has 2 aromatic rings. The maximum Gasteiger partial charge on any atom is 0.264 e. The molecule has 0 aliphatic heterocycles. The Balaban J connectivity index is 2.43. The predicted octanol–water partition coefficient (Wildman–Crippen LogP) is 1.90. The van der Waals surface area contributed by atoms with Gasteiger partial charge >= 0.3 is 0 Å². The van der Waals surface area contributed by atoms with Gasteiger partial charge in [0.25, 0.3) is 5.56 Å². The molecule has 0 unspecified atom stereocenters. The number of aryl methyl sites for hydroxylation is 2. The second-order valence-corrected chi connectivity index (χ2v) is 4.48. The summed E-state index contributed by atoms with van der Waals surface area (Å²) in [7, 11) is 0. The highest BCUT2D eigenvalue weighted by molar-refractivity contribution is 7.71. The fourth-order valence-electron chi connectivity index (χ4n) is 1.62. The first-order valence-corrected chi connectivity index (χ1v) is 5.91. The minimum Gasteiger partial charge on any atom is -0.494 e. The summed E-state index contributed by atoms with van der Waals surface area (Å²) in [4.78, 5) is 24.7. The van der Waals surface area contributed by atoms with E-state index in [1.54, 1.807) is 6.07 Å². The number of rotatable bonds is 2. The van der Waals surface area contributed by atoms with Crippen LogP contribution in [0.2, 0.25) is 0 Å². The molecule has 0 fully saturated rings. The molecule has 2 heterocycles. The quantitative estimate of drug-likeness (QED) is 0.577. The van der Waals surface area contributed by atoms with Crippen molar-refractivity contribution >= 4 is 24.3 Å². The molecule has 0 aromatic carbocycles. The molecule has 0 amide bonds. The molecule has 0 saturated carbocycles. The first kappa shape index (κ1) is 13.2.